The summed E-state index contributed by atoms with van der Waals surface area (Å²) in [6.07, 6.45) is 1.55. The average Bonchev–Trinajstić information content (AvgIpc) is 3.60. The van der Waals surface area contributed by atoms with Crippen LogP contribution in [0.3, 0.4) is 0 Å². The molecule has 1 aliphatic rings. The van der Waals surface area contributed by atoms with Crippen molar-refractivity contribution < 1.29 is 24.1 Å². The van der Waals surface area contributed by atoms with Gasteiger partial charge in [-0.3, -0.25) is 29.3 Å². The number of anilines is 2. The zero-order chi connectivity index (χ0) is 29.6. The van der Waals surface area contributed by atoms with Gasteiger partial charge in [0, 0.05) is 39.6 Å². The number of hydrogen-bond acceptors (Lipinski definition) is 8. The van der Waals surface area contributed by atoms with Gasteiger partial charge in [0.2, 0.25) is 11.8 Å². The highest BCUT2D eigenvalue weighted by molar-refractivity contribution is 8.00. The first-order valence-corrected chi connectivity index (χ1v) is 14.4. The van der Waals surface area contributed by atoms with Crippen molar-refractivity contribution in [3.8, 4) is 0 Å². The Morgan fingerprint density at radius 1 is 0.976 bits per heavy atom. The van der Waals surface area contributed by atoms with Gasteiger partial charge in [-0.2, -0.15) is 0 Å². The van der Waals surface area contributed by atoms with Crippen molar-refractivity contribution >= 4 is 69.9 Å². The molecule has 4 amide bonds. The van der Waals surface area contributed by atoms with E-state index in [0.717, 1.165) is 9.78 Å². The van der Waals surface area contributed by atoms with Gasteiger partial charge in [-0.15, -0.1) is 23.1 Å². The molecule has 0 radical (unpaired) electrons. The van der Waals surface area contributed by atoms with Crippen LogP contribution in [0.15, 0.2) is 107 Å². The number of nitrogens with zero attached hydrogens (tertiary/aromatic N) is 2. The summed E-state index contributed by atoms with van der Waals surface area (Å²) in [5.41, 5.74) is 1.01. The SMILES string of the molecule is O=C(Nc1cccc(SC2CC(=O)N(c3ccc([N+](=O)[O-])cc3)C2=O)c1)/C(=C/c1cccs1)NC(=O)c1ccccc1. The van der Waals surface area contributed by atoms with Gasteiger partial charge in [0.25, 0.3) is 17.5 Å². The number of non-ortho nitro benzene ring substituents is 1. The molecule has 12 heteroatoms. The lowest BCUT2D eigenvalue weighted by molar-refractivity contribution is -0.384. The largest absolute Gasteiger partial charge is 0.321 e. The second-order valence-electron chi connectivity index (χ2n) is 9.03. The highest BCUT2D eigenvalue weighted by Gasteiger charge is 2.40. The van der Waals surface area contributed by atoms with Crippen LogP contribution in [0.25, 0.3) is 6.08 Å². The number of amides is 4. The summed E-state index contributed by atoms with van der Waals surface area (Å²) < 4.78 is 0. The van der Waals surface area contributed by atoms with Crippen LogP contribution in [0.1, 0.15) is 21.7 Å². The number of nitro groups is 1. The second-order valence-corrected chi connectivity index (χ2v) is 11.3. The van der Waals surface area contributed by atoms with E-state index in [9.17, 15) is 29.3 Å². The van der Waals surface area contributed by atoms with Crippen LogP contribution in [0.4, 0.5) is 17.1 Å². The molecule has 10 nitrogen and oxygen atoms in total. The van der Waals surface area contributed by atoms with Crippen LogP contribution in [-0.2, 0) is 14.4 Å². The normalized spacial score (nSPS) is 15.0. The first-order valence-electron chi connectivity index (χ1n) is 12.6. The smallest absolute Gasteiger partial charge is 0.272 e. The molecule has 1 aliphatic heterocycles. The predicted molar refractivity (Wildman–Crippen MR) is 161 cm³/mol. The summed E-state index contributed by atoms with van der Waals surface area (Å²) >= 11 is 2.59. The molecule has 2 heterocycles. The Labute approximate surface area is 248 Å². The fourth-order valence-electron chi connectivity index (χ4n) is 4.16. The molecule has 5 rings (SSSR count). The first kappa shape index (κ1) is 28.5. The van der Waals surface area contributed by atoms with E-state index in [0.29, 0.717) is 16.1 Å². The summed E-state index contributed by atoms with van der Waals surface area (Å²) in [5, 5.41) is 17.6. The van der Waals surface area contributed by atoms with Crippen LogP contribution in [-0.4, -0.2) is 33.8 Å². The van der Waals surface area contributed by atoms with E-state index >= 15 is 0 Å². The number of imide groups is 1. The van der Waals surface area contributed by atoms with Crippen LogP contribution in [0.2, 0.25) is 0 Å². The molecule has 1 atom stereocenters. The Balaban J connectivity index is 1.29. The third kappa shape index (κ3) is 6.62. The number of hydrogen-bond donors (Lipinski definition) is 2. The summed E-state index contributed by atoms with van der Waals surface area (Å²) in [5.74, 6) is -1.81. The summed E-state index contributed by atoms with van der Waals surface area (Å²) in [7, 11) is 0. The lowest BCUT2D eigenvalue weighted by Crippen LogP contribution is -2.31. The highest BCUT2D eigenvalue weighted by atomic mass is 32.2. The van der Waals surface area contributed by atoms with Crippen molar-refractivity contribution in [1.29, 1.82) is 0 Å². The first-order chi connectivity index (χ1) is 20.3. The summed E-state index contributed by atoms with van der Waals surface area (Å²) in [4.78, 5) is 64.7. The molecule has 0 aliphatic carbocycles. The minimum atomic E-state index is -0.710. The fraction of sp³-hybridized carbons (Fsp3) is 0.0667. The number of nitro benzene ring substituents is 1. The van der Waals surface area contributed by atoms with Crippen molar-refractivity contribution in [1.82, 2.24) is 5.32 Å². The van der Waals surface area contributed by atoms with Crippen molar-refractivity contribution in [2.75, 3.05) is 10.2 Å². The third-order valence-electron chi connectivity index (χ3n) is 6.15. The van der Waals surface area contributed by atoms with Crippen molar-refractivity contribution in [2.45, 2.75) is 16.6 Å². The number of thioether (sulfide) groups is 1. The molecular weight excluding hydrogens is 576 g/mol. The number of nitrogens with one attached hydrogen (secondary N) is 2. The van der Waals surface area contributed by atoms with Gasteiger partial charge in [-0.25, -0.2) is 4.90 Å². The van der Waals surface area contributed by atoms with Gasteiger partial charge in [0.05, 0.1) is 15.9 Å². The van der Waals surface area contributed by atoms with Crippen molar-refractivity contribution in [3.05, 3.63) is 123 Å². The quantitative estimate of drug-likeness (QED) is 0.112. The molecule has 42 heavy (non-hydrogen) atoms. The van der Waals surface area contributed by atoms with Crippen LogP contribution in [0, 0.1) is 10.1 Å². The molecule has 0 bridgehead atoms. The van der Waals surface area contributed by atoms with Crippen LogP contribution < -0.4 is 15.5 Å². The van der Waals surface area contributed by atoms with Gasteiger partial charge in [0.15, 0.2) is 0 Å². The number of carbonyl (C=O) groups excluding carboxylic acids is 4. The van der Waals surface area contributed by atoms with E-state index in [2.05, 4.69) is 10.6 Å². The zero-order valence-electron chi connectivity index (χ0n) is 21.8. The zero-order valence-corrected chi connectivity index (χ0v) is 23.4. The monoisotopic (exact) mass is 598 g/mol. The Bertz CT molecular complexity index is 1690. The topological polar surface area (TPSA) is 139 Å². The molecule has 1 unspecified atom stereocenters. The average molecular weight is 599 g/mol. The van der Waals surface area contributed by atoms with E-state index in [1.165, 1.54) is 47.4 Å². The number of benzene rings is 3. The Morgan fingerprint density at radius 2 is 1.74 bits per heavy atom. The summed E-state index contributed by atoms with van der Waals surface area (Å²) in [6.45, 7) is 0. The second kappa shape index (κ2) is 12.6. The van der Waals surface area contributed by atoms with Crippen molar-refractivity contribution in [3.63, 3.8) is 0 Å². The molecular formula is C30H22N4O6S2. The fourth-order valence-corrected chi connectivity index (χ4v) is 5.93. The maximum Gasteiger partial charge on any atom is 0.272 e. The Morgan fingerprint density at radius 3 is 2.43 bits per heavy atom. The minimum Gasteiger partial charge on any atom is -0.321 e. The van der Waals surface area contributed by atoms with Crippen LogP contribution >= 0.6 is 23.1 Å². The van der Waals surface area contributed by atoms with Gasteiger partial charge in [0.1, 0.15) is 5.70 Å². The van der Waals surface area contributed by atoms with E-state index < -0.39 is 33.8 Å². The Kier molecular flexibility index (Phi) is 8.55. The molecule has 1 saturated heterocycles. The molecule has 1 aromatic heterocycles. The van der Waals surface area contributed by atoms with Crippen LogP contribution in [0.5, 0.6) is 0 Å². The van der Waals surface area contributed by atoms with Crippen molar-refractivity contribution in [2.24, 2.45) is 0 Å². The molecule has 210 valence electrons. The van der Waals surface area contributed by atoms with E-state index in [1.54, 1.807) is 60.7 Å². The molecule has 1 fully saturated rings. The van der Waals surface area contributed by atoms with E-state index in [1.807, 2.05) is 17.5 Å². The summed E-state index contributed by atoms with van der Waals surface area (Å²) in [6, 6.07) is 24.2. The molecule has 2 N–H and O–H groups in total. The molecule has 0 spiro atoms. The van der Waals surface area contributed by atoms with Gasteiger partial charge >= 0.3 is 0 Å². The lowest BCUT2D eigenvalue weighted by Gasteiger charge is -2.15. The maximum atomic E-state index is 13.3. The standard InChI is InChI=1S/C30H22N4O6S2/c35-27-18-26(30(38)33(27)21-11-13-22(14-12-21)34(39)40)42-24-9-4-8-20(16-24)31-29(37)25(17-23-10-5-15-41-23)32-28(36)19-6-2-1-3-7-19/h1-17,26H,18H2,(H,31,37)(H,32,36)/b25-17-. The number of carbonyl (C=O) groups is 4. The highest BCUT2D eigenvalue weighted by Crippen LogP contribution is 2.35. The predicted octanol–water partition coefficient (Wildman–Crippen LogP) is 5.49. The van der Waals surface area contributed by atoms with Gasteiger partial charge in [-0.05, 0) is 60.0 Å². The lowest BCUT2D eigenvalue weighted by atomic mass is 10.2. The molecule has 4 aromatic rings. The van der Waals surface area contributed by atoms with E-state index in [-0.39, 0.29) is 23.5 Å². The van der Waals surface area contributed by atoms with E-state index in [4.69, 9.17) is 0 Å². The van der Waals surface area contributed by atoms with Gasteiger partial charge in [-0.1, -0.05) is 30.3 Å². The number of thiophene rings is 1. The minimum absolute atomic E-state index is 0.0453. The third-order valence-corrected chi connectivity index (χ3v) is 8.15. The molecule has 3 aromatic carbocycles. The number of rotatable bonds is 9. The molecule has 0 saturated carbocycles. The Hall–Kier alpha value is -5.07. The maximum absolute atomic E-state index is 13.3. The van der Waals surface area contributed by atoms with Gasteiger partial charge < -0.3 is 10.6 Å².